The number of aliphatic carboxylic acids is 1. The normalized spacial score (nSPS) is 33.5. The molecule has 22 heavy (non-hydrogen) atoms. The second-order valence-electron chi connectivity index (χ2n) is 4.34. The highest BCUT2D eigenvalue weighted by atomic mass is 32.3. The predicted octanol–water partition coefficient (Wildman–Crippen LogP) is -3.41. The summed E-state index contributed by atoms with van der Waals surface area (Å²) in [6.07, 6.45) is -6.11. The Labute approximate surface area is 125 Å². The van der Waals surface area contributed by atoms with E-state index < -0.39 is 59.7 Å². The molecule has 1 saturated heterocycles. The Balaban J connectivity index is 0.000000763. The maximum atomic E-state index is 10.6. The van der Waals surface area contributed by atoms with Crippen LogP contribution >= 0.6 is 0 Å². The largest absolute Gasteiger partial charge is 0.479 e. The minimum Gasteiger partial charge on any atom is -0.479 e. The zero-order chi connectivity index (χ0) is 17.7. The molecule has 12 nitrogen and oxygen atoms in total. The van der Waals surface area contributed by atoms with Gasteiger partial charge in [-0.15, -0.1) is 0 Å². The van der Waals surface area contributed by atoms with Crippen molar-refractivity contribution in [2.45, 2.75) is 43.7 Å². The first-order chi connectivity index (χ1) is 9.88. The first-order valence-electron chi connectivity index (χ1n) is 5.84. The monoisotopic (exact) mass is 349 g/mol. The molecule has 0 bridgehead atoms. The minimum absolute atomic E-state index is 0.535. The number of ether oxygens (including phenoxy) is 2. The molecule has 1 aliphatic heterocycles. The van der Waals surface area contributed by atoms with Crippen LogP contribution in [0.2, 0.25) is 0 Å². The van der Waals surface area contributed by atoms with Crippen LogP contribution in [0.1, 0.15) is 6.92 Å². The van der Waals surface area contributed by atoms with Gasteiger partial charge in [-0.1, -0.05) is 0 Å². The Morgan fingerprint density at radius 3 is 2.18 bits per heavy atom. The molecule has 0 aliphatic carbocycles. The number of hydrogen-bond acceptors (Lipinski definition) is 9. The van der Waals surface area contributed by atoms with E-state index in [0.29, 0.717) is 0 Å². The second kappa shape index (κ2) is 8.66. The molecule has 0 amide bonds. The summed E-state index contributed by atoms with van der Waals surface area (Å²) >= 11 is 0. The SMILES string of the molecule is C[C@@H](O[C@@H]1[C@@H](N)[C@@H](O)O[C@H](CO)[C@H]1O)C(=O)O.O=S(=O)(O)O. The van der Waals surface area contributed by atoms with Gasteiger partial charge in [0.25, 0.3) is 0 Å². The minimum atomic E-state index is -4.67. The fourth-order valence-electron chi connectivity index (χ4n) is 1.57. The van der Waals surface area contributed by atoms with Gasteiger partial charge >= 0.3 is 16.4 Å². The summed E-state index contributed by atoms with van der Waals surface area (Å²) in [5, 5.41) is 36.8. The molecule has 0 radical (unpaired) electrons. The van der Waals surface area contributed by atoms with Crippen LogP contribution in [-0.4, -0.2) is 87.3 Å². The van der Waals surface area contributed by atoms with Crippen molar-refractivity contribution in [3.05, 3.63) is 0 Å². The second-order valence-corrected chi connectivity index (χ2v) is 5.24. The van der Waals surface area contributed by atoms with Crippen molar-refractivity contribution < 1.29 is 52.2 Å². The zero-order valence-electron chi connectivity index (χ0n) is 11.4. The lowest BCUT2D eigenvalue weighted by molar-refractivity contribution is -0.262. The number of carboxylic acid groups (broad SMARTS) is 1. The Morgan fingerprint density at radius 1 is 1.36 bits per heavy atom. The average molecular weight is 349 g/mol. The molecule has 132 valence electrons. The molecule has 0 unspecified atom stereocenters. The smallest absolute Gasteiger partial charge is 0.394 e. The van der Waals surface area contributed by atoms with E-state index in [9.17, 15) is 15.0 Å². The molecule has 0 aromatic carbocycles. The summed E-state index contributed by atoms with van der Waals surface area (Å²) in [5.41, 5.74) is 5.54. The van der Waals surface area contributed by atoms with Gasteiger partial charge in [-0.2, -0.15) is 8.42 Å². The molecular weight excluding hydrogens is 330 g/mol. The molecule has 13 heteroatoms. The Kier molecular flexibility index (Phi) is 8.30. The number of hydrogen-bond donors (Lipinski definition) is 7. The van der Waals surface area contributed by atoms with Gasteiger partial charge in [-0.05, 0) is 6.92 Å². The third-order valence-electron chi connectivity index (χ3n) is 2.63. The average Bonchev–Trinajstić information content (AvgIpc) is 2.36. The van der Waals surface area contributed by atoms with Crippen LogP contribution in [0.5, 0.6) is 0 Å². The van der Waals surface area contributed by atoms with Crippen molar-refractivity contribution >= 4 is 16.4 Å². The lowest BCUT2D eigenvalue weighted by Gasteiger charge is -2.41. The van der Waals surface area contributed by atoms with Gasteiger partial charge in [0.05, 0.1) is 12.6 Å². The fourth-order valence-corrected chi connectivity index (χ4v) is 1.57. The van der Waals surface area contributed by atoms with Crippen LogP contribution in [-0.2, 0) is 24.7 Å². The van der Waals surface area contributed by atoms with E-state index in [1.165, 1.54) is 6.92 Å². The molecule has 0 aromatic heterocycles. The molecule has 1 rings (SSSR count). The van der Waals surface area contributed by atoms with Gasteiger partial charge in [0.2, 0.25) is 0 Å². The predicted molar refractivity (Wildman–Crippen MR) is 68.1 cm³/mol. The van der Waals surface area contributed by atoms with Crippen LogP contribution in [0.4, 0.5) is 0 Å². The van der Waals surface area contributed by atoms with E-state index in [1.54, 1.807) is 0 Å². The van der Waals surface area contributed by atoms with E-state index in [0.717, 1.165) is 0 Å². The Bertz CT molecular complexity index is 446. The number of rotatable bonds is 4. The summed E-state index contributed by atoms with van der Waals surface area (Å²) in [7, 11) is -4.67. The molecule has 0 spiro atoms. The van der Waals surface area contributed by atoms with E-state index in [1.807, 2.05) is 0 Å². The van der Waals surface area contributed by atoms with Gasteiger partial charge in [-0.3, -0.25) is 9.11 Å². The molecule has 6 atom stereocenters. The summed E-state index contributed by atoms with van der Waals surface area (Å²) in [6, 6.07) is -1.09. The number of aliphatic hydroxyl groups excluding tert-OH is 3. The maximum absolute atomic E-state index is 10.6. The van der Waals surface area contributed by atoms with Crippen LogP contribution in [0.25, 0.3) is 0 Å². The summed E-state index contributed by atoms with van der Waals surface area (Å²) in [5.74, 6) is -1.22. The molecule has 1 aliphatic rings. The number of carbonyl (C=O) groups is 1. The molecular formula is C9H19NO11S. The number of nitrogens with two attached hydrogens (primary N) is 1. The van der Waals surface area contributed by atoms with Gasteiger partial charge in [-0.25, -0.2) is 4.79 Å². The number of carboxylic acids is 1. The molecule has 0 aromatic rings. The van der Waals surface area contributed by atoms with Gasteiger partial charge < -0.3 is 35.6 Å². The van der Waals surface area contributed by atoms with E-state index in [-0.39, 0.29) is 0 Å². The molecule has 1 heterocycles. The topological polar surface area (TPSA) is 217 Å². The Morgan fingerprint density at radius 2 is 1.82 bits per heavy atom. The van der Waals surface area contributed by atoms with Crippen LogP contribution in [0.15, 0.2) is 0 Å². The van der Waals surface area contributed by atoms with Crippen LogP contribution < -0.4 is 5.73 Å². The summed E-state index contributed by atoms with van der Waals surface area (Å²) in [6.45, 7) is 0.740. The van der Waals surface area contributed by atoms with Crippen molar-refractivity contribution in [1.82, 2.24) is 0 Å². The quantitative estimate of drug-likeness (QED) is 0.247. The van der Waals surface area contributed by atoms with Crippen molar-refractivity contribution in [1.29, 1.82) is 0 Å². The molecule has 1 fully saturated rings. The van der Waals surface area contributed by atoms with E-state index in [4.69, 9.17) is 42.9 Å². The van der Waals surface area contributed by atoms with Crippen LogP contribution in [0, 0.1) is 0 Å². The zero-order valence-corrected chi connectivity index (χ0v) is 12.2. The first-order valence-corrected chi connectivity index (χ1v) is 7.24. The lowest BCUT2D eigenvalue weighted by atomic mass is 9.97. The van der Waals surface area contributed by atoms with Crippen molar-refractivity contribution in [2.75, 3.05) is 6.61 Å². The fraction of sp³-hybridized carbons (Fsp3) is 0.889. The van der Waals surface area contributed by atoms with E-state index in [2.05, 4.69) is 0 Å². The van der Waals surface area contributed by atoms with Crippen molar-refractivity contribution in [2.24, 2.45) is 5.73 Å². The van der Waals surface area contributed by atoms with E-state index >= 15 is 0 Å². The van der Waals surface area contributed by atoms with Gasteiger partial charge in [0, 0.05) is 0 Å². The maximum Gasteiger partial charge on any atom is 0.394 e. The molecule has 8 N–H and O–H groups in total. The Hall–Kier alpha value is -0.900. The molecule has 0 saturated carbocycles. The lowest BCUT2D eigenvalue weighted by Crippen LogP contribution is -2.63. The van der Waals surface area contributed by atoms with Crippen LogP contribution in [0.3, 0.4) is 0 Å². The highest BCUT2D eigenvalue weighted by molar-refractivity contribution is 7.79. The first kappa shape index (κ1) is 21.1. The highest BCUT2D eigenvalue weighted by Crippen LogP contribution is 2.22. The third-order valence-corrected chi connectivity index (χ3v) is 2.63. The summed E-state index contributed by atoms with van der Waals surface area (Å²) < 4.78 is 41.5. The van der Waals surface area contributed by atoms with Crippen molar-refractivity contribution in [3.8, 4) is 0 Å². The number of aliphatic hydroxyl groups is 3. The van der Waals surface area contributed by atoms with Crippen molar-refractivity contribution in [3.63, 3.8) is 0 Å². The standard InChI is InChI=1S/C9H17NO7.H2O4S/c1-3(8(13)14)16-7-5(10)9(15)17-4(2-11)6(7)12;1-5(2,3)4/h3-7,9,11-12,15H,2,10H2,1H3,(H,13,14);(H2,1,2,3,4)/t3-,4-,5-,6-,7-,9+;/m1./s1. The van der Waals surface area contributed by atoms with Gasteiger partial charge in [0.15, 0.2) is 12.4 Å². The highest BCUT2D eigenvalue weighted by Gasteiger charge is 2.44. The van der Waals surface area contributed by atoms with Gasteiger partial charge in [0.1, 0.15) is 18.3 Å². The summed E-state index contributed by atoms with van der Waals surface area (Å²) in [4.78, 5) is 10.6. The third kappa shape index (κ3) is 7.39.